The van der Waals surface area contributed by atoms with E-state index in [-0.39, 0.29) is 5.88 Å². The highest BCUT2D eigenvalue weighted by molar-refractivity contribution is 6.53. The van der Waals surface area contributed by atoms with Gasteiger partial charge in [-0.2, -0.15) is 5.26 Å². The van der Waals surface area contributed by atoms with Crippen LogP contribution in [0.4, 0.5) is 0 Å². The number of nitriles is 1. The second-order valence-corrected chi connectivity index (χ2v) is 2.70. The van der Waals surface area contributed by atoms with E-state index >= 15 is 0 Å². The summed E-state index contributed by atoms with van der Waals surface area (Å²) in [5.41, 5.74) is 0. The number of rotatable bonds is 1. The van der Waals surface area contributed by atoms with E-state index in [2.05, 4.69) is 0 Å². The third-order valence-corrected chi connectivity index (χ3v) is 1.44. The summed E-state index contributed by atoms with van der Waals surface area (Å²) in [5, 5.41) is 8.00. The Balaban J connectivity index is 3.66. The lowest BCUT2D eigenvalue weighted by Gasteiger charge is -2.00. The van der Waals surface area contributed by atoms with E-state index in [9.17, 15) is 0 Å². The standard InChI is InChI=1S/C3H2Cl3N/c4-1-3(5,6)2-7/h1H2. The molecule has 0 N–H and O–H groups in total. The van der Waals surface area contributed by atoms with Crippen LogP contribution in [0.5, 0.6) is 0 Å². The summed E-state index contributed by atoms with van der Waals surface area (Å²) >= 11 is 15.5. The summed E-state index contributed by atoms with van der Waals surface area (Å²) in [6.07, 6.45) is 0. The fourth-order valence-corrected chi connectivity index (χ4v) is 0.0896. The molecule has 0 rings (SSSR count). The average Bonchev–Trinajstić information content (AvgIpc) is 1.68. The maximum Gasteiger partial charge on any atom is 0.216 e. The Bertz CT molecular complexity index is 92.8. The first kappa shape index (κ1) is 7.36. The number of hydrogen-bond donors (Lipinski definition) is 0. The maximum atomic E-state index is 8.00. The van der Waals surface area contributed by atoms with Gasteiger partial charge in [0.2, 0.25) is 4.33 Å². The van der Waals surface area contributed by atoms with Gasteiger partial charge in [0.05, 0.1) is 5.88 Å². The number of halogens is 3. The van der Waals surface area contributed by atoms with Crippen molar-refractivity contribution in [3.05, 3.63) is 0 Å². The molecule has 1 nitrogen and oxygen atoms in total. The predicted octanol–water partition coefficient (Wildman–Crippen LogP) is 1.92. The van der Waals surface area contributed by atoms with Gasteiger partial charge in [-0.25, -0.2) is 0 Å². The molecule has 0 unspecified atom stereocenters. The van der Waals surface area contributed by atoms with E-state index in [1.165, 1.54) is 0 Å². The third kappa shape index (κ3) is 2.99. The van der Waals surface area contributed by atoms with Crippen molar-refractivity contribution in [1.29, 1.82) is 5.26 Å². The number of nitrogens with zero attached hydrogens (tertiary/aromatic N) is 1. The van der Waals surface area contributed by atoms with Crippen LogP contribution in [0, 0.1) is 11.3 Å². The summed E-state index contributed by atoms with van der Waals surface area (Å²) in [6.45, 7) is 0. The highest BCUT2D eigenvalue weighted by Gasteiger charge is 2.20. The summed E-state index contributed by atoms with van der Waals surface area (Å²) in [4.78, 5) is 0. The van der Waals surface area contributed by atoms with E-state index in [1.807, 2.05) is 0 Å². The molecule has 7 heavy (non-hydrogen) atoms. The minimum atomic E-state index is -1.40. The van der Waals surface area contributed by atoms with Crippen molar-refractivity contribution in [1.82, 2.24) is 0 Å². The van der Waals surface area contributed by atoms with E-state index in [0.717, 1.165) is 0 Å². The molecule has 0 saturated carbocycles. The average molecular weight is 158 g/mol. The van der Waals surface area contributed by atoms with Crippen LogP contribution < -0.4 is 0 Å². The van der Waals surface area contributed by atoms with Gasteiger partial charge in [0.1, 0.15) is 6.07 Å². The van der Waals surface area contributed by atoms with Gasteiger partial charge in [0, 0.05) is 0 Å². The van der Waals surface area contributed by atoms with Gasteiger partial charge in [0.25, 0.3) is 0 Å². The minimum Gasteiger partial charge on any atom is -0.195 e. The topological polar surface area (TPSA) is 23.8 Å². The third-order valence-electron chi connectivity index (χ3n) is 0.331. The van der Waals surface area contributed by atoms with Crippen molar-refractivity contribution < 1.29 is 0 Å². The normalized spacial score (nSPS) is 10.6. The molecular weight excluding hydrogens is 156 g/mol. The SMILES string of the molecule is N#CC(Cl)(Cl)CCl. The Hall–Kier alpha value is 0.360. The summed E-state index contributed by atoms with van der Waals surface area (Å²) < 4.78 is -1.40. The second-order valence-electron chi connectivity index (χ2n) is 0.950. The van der Waals surface area contributed by atoms with Gasteiger partial charge in [-0.1, -0.05) is 23.2 Å². The first-order valence-electron chi connectivity index (χ1n) is 1.47. The Morgan fingerprint density at radius 3 is 2.00 bits per heavy atom. The number of alkyl halides is 3. The van der Waals surface area contributed by atoms with Gasteiger partial charge in [0.15, 0.2) is 0 Å². The van der Waals surface area contributed by atoms with E-state index in [0.29, 0.717) is 0 Å². The molecule has 0 aliphatic carbocycles. The van der Waals surface area contributed by atoms with Crippen LogP contribution in [0.2, 0.25) is 0 Å². The van der Waals surface area contributed by atoms with Gasteiger partial charge in [-0.05, 0) is 0 Å². The molecule has 0 aromatic rings. The van der Waals surface area contributed by atoms with Gasteiger partial charge >= 0.3 is 0 Å². The summed E-state index contributed by atoms with van der Waals surface area (Å²) in [6, 6.07) is 1.59. The number of hydrogen-bond acceptors (Lipinski definition) is 1. The van der Waals surface area contributed by atoms with Gasteiger partial charge < -0.3 is 0 Å². The zero-order valence-corrected chi connectivity index (χ0v) is 5.56. The molecule has 0 fully saturated rings. The van der Waals surface area contributed by atoms with Crippen LogP contribution in [-0.2, 0) is 0 Å². The van der Waals surface area contributed by atoms with Crippen LogP contribution in [0.25, 0.3) is 0 Å². The highest BCUT2D eigenvalue weighted by Crippen LogP contribution is 2.20. The van der Waals surface area contributed by atoms with Gasteiger partial charge in [-0.3, -0.25) is 0 Å². The Kier molecular flexibility index (Phi) is 2.75. The monoisotopic (exact) mass is 157 g/mol. The molecule has 0 aromatic carbocycles. The fraction of sp³-hybridized carbons (Fsp3) is 0.667. The van der Waals surface area contributed by atoms with Gasteiger partial charge in [-0.15, -0.1) is 11.6 Å². The van der Waals surface area contributed by atoms with Crippen LogP contribution in [0.15, 0.2) is 0 Å². The lowest BCUT2D eigenvalue weighted by atomic mass is 10.5. The molecule has 0 heterocycles. The maximum absolute atomic E-state index is 8.00. The van der Waals surface area contributed by atoms with E-state index in [1.54, 1.807) is 6.07 Å². The van der Waals surface area contributed by atoms with Crippen molar-refractivity contribution in [2.75, 3.05) is 5.88 Å². The summed E-state index contributed by atoms with van der Waals surface area (Å²) in [5.74, 6) is -0.0629. The molecule has 0 aliphatic rings. The Morgan fingerprint density at radius 2 is 2.00 bits per heavy atom. The van der Waals surface area contributed by atoms with Crippen molar-refractivity contribution in [3.8, 4) is 6.07 Å². The smallest absolute Gasteiger partial charge is 0.195 e. The predicted molar refractivity (Wildman–Crippen MR) is 30.8 cm³/mol. The molecule has 0 bridgehead atoms. The second kappa shape index (κ2) is 2.61. The van der Waals surface area contributed by atoms with E-state index < -0.39 is 4.33 Å². The molecule has 0 atom stereocenters. The molecular formula is C3H2Cl3N. The lowest BCUT2D eigenvalue weighted by molar-refractivity contribution is 1.14. The molecule has 0 amide bonds. The van der Waals surface area contributed by atoms with E-state index in [4.69, 9.17) is 40.1 Å². The minimum absolute atomic E-state index is 0.0629. The van der Waals surface area contributed by atoms with Crippen LogP contribution in [0.3, 0.4) is 0 Å². The molecule has 0 aromatic heterocycles. The zero-order chi connectivity index (χ0) is 5.91. The first-order chi connectivity index (χ1) is 3.12. The molecule has 0 spiro atoms. The molecule has 0 radical (unpaired) electrons. The van der Waals surface area contributed by atoms with Crippen molar-refractivity contribution in [3.63, 3.8) is 0 Å². The van der Waals surface area contributed by atoms with Crippen LogP contribution in [0.1, 0.15) is 0 Å². The van der Waals surface area contributed by atoms with Crippen molar-refractivity contribution in [2.45, 2.75) is 4.33 Å². The van der Waals surface area contributed by atoms with Crippen LogP contribution >= 0.6 is 34.8 Å². The molecule has 40 valence electrons. The molecule has 0 aliphatic heterocycles. The Morgan fingerprint density at radius 1 is 1.57 bits per heavy atom. The molecule has 4 heteroatoms. The van der Waals surface area contributed by atoms with Crippen molar-refractivity contribution in [2.24, 2.45) is 0 Å². The highest BCUT2D eigenvalue weighted by atomic mass is 35.5. The zero-order valence-electron chi connectivity index (χ0n) is 3.29. The lowest BCUT2D eigenvalue weighted by Crippen LogP contribution is -2.09. The van der Waals surface area contributed by atoms with Crippen LogP contribution in [-0.4, -0.2) is 10.2 Å². The summed E-state index contributed by atoms with van der Waals surface area (Å²) in [7, 11) is 0. The van der Waals surface area contributed by atoms with Crippen molar-refractivity contribution >= 4 is 34.8 Å². The first-order valence-corrected chi connectivity index (χ1v) is 2.76. The quantitative estimate of drug-likeness (QED) is 0.535. The fourth-order valence-electron chi connectivity index (χ4n) is 0.0299. The Labute approximate surface area is 56.8 Å². The molecule has 0 saturated heterocycles. The largest absolute Gasteiger partial charge is 0.216 e.